The van der Waals surface area contributed by atoms with Crippen molar-refractivity contribution in [3.63, 3.8) is 0 Å². The maximum atomic E-state index is 9.72. The van der Waals surface area contributed by atoms with Gasteiger partial charge in [0, 0.05) is 0 Å². The lowest BCUT2D eigenvalue weighted by atomic mass is 9.72. The monoisotopic (exact) mass is 222 g/mol. The molecule has 0 amide bonds. The van der Waals surface area contributed by atoms with E-state index in [4.69, 9.17) is 0 Å². The summed E-state index contributed by atoms with van der Waals surface area (Å²) in [6, 6.07) is 0. The molecular weight excluding hydrogens is 196 g/mol. The number of allylic oxidation sites excluding steroid dienone is 2. The van der Waals surface area contributed by atoms with Crippen molar-refractivity contribution in [1.82, 2.24) is 0 Å². The topological polar surface area (TPSA) is 20.2 Å². The van der Waals surface area contributed by atoms with Gasteiger partial charge >= 0.3 is 0 Å². The number of hydrogen-bond donors (Lipinski definition) is 1. The maximum Gasteiger partial charge on any atom is 0.0594 e. The zero-order chi connectivity index (χ0) is 12.0. The van der Waals surface area contributed by atoms with Crippen LogP contribution in [0, 0.1) is 17.3 Å². The molecule has 2 fully saturated rings. The van der Waals surface area contributed by atoms with Crippen LogP contribution in [0.3, 0.4) is 0 Å². The summed E-state index contributed by atoms with van der Waals surface area (Å²) in [5, 5.41) is 9.72. The van der Waals surface area contributed by atoms with Crippen molar-refractivity contribution in [2.24, 2.45) is 17.3 Å². The Hall–Kier alpha value is -0.300. The molecule has 2 atom stereocenters. The first kappa shape index (κ1) is 12.2. The lowest BCUT2D eigenvalue weighted by molar-refractivity contribution is 0.0719. The summed E-state index contributed by atoms with van der Waals surface area (Å²) < 4.78 is 0. The number of aliphatic hydroxyl groups is 1. The van der Waals surface area contributed by atoms with E-state index < -0.39 is 5.60 Å². The third-order valence-electron chi connectivity index (χ3n) is 4.76. The van der Waals surface area contributed by atoms with Crippen molar-refractivity contribution in [3.8, 4) is 0 Å². The van der Waals surface area contributed by atoms with E-state index in [0.717, 1.165) is 24.7 Å². The van der Waals surface area contributed by atoms with E-state index in [1.807, 2.05) is 13.8 Å². The molecule has 2 saturated carbocycles. The van der Waals surface area contributed by atoms with Gasteiger partial charge in [0.1, 0.15) is 0 Å². The van der Waals surface area contributed by atoms with Crippen molar-refractivity contribution in [2.45, 2.75) is 65.4 Å². The average molecular weight is 222 g/mol. The molecule has 0 radical (unpaired) electrons. The lowest BCUT2D eigenvalue weighted by Gasteiger charge is -2.33. The van der Waals surface area contributed by atoms with Crippen LogP contribution in [0.1, 0.15) is 59.8 Å². The normalized spacial score (nSPS) is 34.9. The molecule has 0 saturated heterocycles. The van der Waals surface area contributed by atoms with Gasteiger partial charge in [-0.3, -0.25) is 0 Å². The number of fused-ring (bicyclic) bond motifs is 2. The van der Waals surface area contributed by atoms with Crippen LogP contribution >= 0.6 is 0 Å². The molecule has 2 rings (SSSR count). The molecule has 92 valence electrons. The maximum absolute atomic E-state index is 9.72. The fourth-order valence-electron chi connectivity index (χ4n) is 3.69. The Morgan fingerprint density at radius 3 is 2.56 bits per heavy atom. The van der Waals surface area contributed by atoms with Crippen molar-refractivity contribution >= 4 is 0 Å². The molecular formula is C15H26O. The van der Waals surface area contributed by atoms with Gasteiger partial charge in [-0.2, -0.15) is 0 Å². The fourth-order valence-corrected chi connectivity index (χ4v) is 3.69. The van der Waals surface area contributed by atoms with Crippen LogP contribution in [0.15, 0.2) is 11.6 Å². The van der Waals surface area contributed by atoms with E-state index in [1.54, 1.807) is 5.57 Å². The van der Waals surface area contributed by atoms with Gasteiger partial charge in [-0.25, -0.2) is 0 Å². The minimum atomic E-state index is -0.515. The van der Waals surface area contributed by atoms with Crippen LogP contribution < -0.4 is 0 Å². The van der Waals surface area contributed by atoms with Crippen molar-refractivity contribution < 1.29 is 5.11 Å². The Morgan fingerprint density at radius 1 is 1.38 bits per heavy atom. The van der Waals surface area contributed by atoms with E-state index >= 15 is 0 Å². The predicted octanol–water partition coefficient (Wildman–Crippen LogP) is 3.92. The Labute approximate surface area is 99.9 Å². The highest BCUT2D eigenvalue weighted by molar-refractivity contribution is 5.26. The first-order chi connectivity index (χ1) is 7.31. The first-order valence-electron chi connectivity index (χ1n) is 6.73. The van der Waals surface area contributed by atoms with Crippen molar-refractivity contribution in [2.75, 3.05) is 0 Å². The van der Waals surface area contributed by atoms with Gasteiger partial charge in [-0.15, -0.1) is 0 Å². The summed E-state index contributed by atoms with van der Waals surface area (Å²) in [5.74, 6) is 1.78. The molecule has 1 N–H and O–H groups in total. The fraction of sp³-hybridized carbons (Fsp3) is 0.867. The van der Waals surface area contributed by atoms with Crippen LogP contribution in [-0.2, 0) is 0 Å². The van der Waals surface area contributed by atoms with Crippen LogP contribution in [0.5, 0.6) is 0 Å². The average Bonchev–Trinajstić information content (AvgIpc) is 2.65. The predicted molar refractivity (Wildman–Crippen MR) is 68.2 cm³/mol. The zero-order valence-corrected chi connectivity index (χ0v) is 11.2. The van der Waals surface area contributed by atoms with Gasteiger partial charge in [0.2, 0.25) is 0 Å². The Balaban J connectivity index is 2.01. The van der Waals surface area contributed by atoms with Gasteiger partial charge in [0.05, 0.1) is 5.60 Å². The molecule has 0 aliphatic heterocycles. The van der Waals surface area contributed by atoms with Crippen LogP contribution in [0.4, 0.5) is 0 Å². The van der Waals surface area contributed by atoms with Crippen LogP contribution in [0.25, 0.3) is 0 Å². The van der Waals surface area contributed by atoms with Crippen molar-refractivity contribution in [3.05, 3.63) is 11.6 Å². The summed E-state index contributed by atoms with van der Waals surface area (Å²) >= 11 is 0. The molecule has 0 aromatic carbocycles. The second kappa shape index (κ2) is 3.87. The molecule has 0 heterocycles. The molecule has 2 aliphatic rings. The molecule has 0 unspecified atom stereocenters. The lowest BCUT2D eigenvalue weighted by Crippen LogP contribution is -2.23. The van der Waals surface area contributed by atoms with E-state index in [-0.39, 0.29) is 0 Å². The first-order valence-corrected chi connectivity index (χ1v) is 6.73. The van der Waals surface area contributed by atoms with Gasteiger partial charge in [0.15, 0.2) is 0 Å². The molecule has 1 nitrogen and oxygen atoms in total. The second-order valence-corrected chi connectivity index (χ2v) is 6.94. The minimum Gasteiger partial charge on any atom is -0.390 e. The zero-order valence-electron chi connectivity index (χ0n) is 11.2. The van der Waals surface area contributed by atoms with Gasteiger partial charge < -0.3 is 5.11 Å². The Morgan fingerprint density at radius 2 is 2.06 bits per heavy atom. The standard InChI is InChI=1S/C15H26O/c1-14(2,16)9-5-6-13-11-7-8-12(10-11)15(13,3)4/h6,11-12,16H,5,7-10H2,1-4H3/b13-6+/t11-,12+/m1/s1. The van der Waals surface area contributed by atoms with Crippen LogP contribution in [-0.4, -0.2) is 10.7 Å². The second-order valence-electron chi connectivity index (χ2n) is 6.94. The SMILES string of the molecule is CC(C)(O)CC/C=C1\[C@@H]2CC[C@@H](C2)C1(C)C. The summed E-state index contributed by atoms with van der Waals surface area (Å²) in [7, 11) is 0. The summed E-state index contributed by atoms with van der Waals surface area (Å²) in [6.07, 6.45) is 8.60. The van der Waals surface area contributed by atoms with E-state index in [9.17, 15) is 5.11 Å². The van der Waals surface area contributed by atoms with Gasteiger partial charge in [-0.1, -0.05) is 25.5 Å². The highest BCUT2D eigenvalue weighted by atomic mass is 16.3. The van der Waals surface area contributed by atoms with Crippen LogP contribution in [0.2, 0.25) is 0 Å². The molecule has 2 bridgehead atoms. The Bertz CT molecular complexity index is 293. The molecule has 2 aliphatic carbocycles. The number of rotatable bonds is 3. The smallest absolute Gasteiger partial charge is 0.0594 e. The minimum absolute atomic E-state index is 0.433. The molecule has 1 heteroatoms. The third kappa shape index (κ3) is 2.20. The molecule has 16 heavy (non-hydrogen) atoms. The summed E-state index contributed by atoms with van der Waals surface area (Å²) in [4.78, 5) is 0. The largest absolute Gasteiger partial charge is 0.390 e. The summed E-state index contributed by atoms with van der Waals surface area (Å²) in [5.41, 5.74) is 1.61. The molecule has 0 spiro atoms. The van der Waals surface area contributed by atoms with Crippen molar-refractivity contribution in [1.29, 1.82) is 0 Å². The quantitative estimate of drug-likeness (QED) is 0.718. The van der Waals surface area contributed by atoms with E-state index in [1.165, 1.54) is 19.3 Å². The Kier molecular flexibility index (Phi) is 2.94. The van der Waals surface area contributed by atoms with E-state index in [0.29, 0.717) is 5.41 Å². The number of hydrogen-bond acceptors (Lipinski definition) is 1. The molecule has 0 aromatic rings. The van der Waals surface area contributed by atoms with E-state index in [2.05, 4.69) is 19.9 Å². The van der Waals surface area contributed by atoms with Gasteiger partial charge in [0.25, 0.3) is 0 Å². The highest BCUT2D eigenvalue weighted by Gasteiger charge is 2.48. The summed E-state index contributed by atoms with van der Waals surface area (Å²) in [6.45, 7) is 8.62. The highest BCUT2D eigenvalue weighted by Crippen LogP contribution is 2.59. The third-order valence-corrected chi connectivity index (χ3v) is 4.76. The van der Waals surface area contributed by atoms with Gasteiger partial charge in [-0.05, 0) is 63.2 Å². The molecule has 0 aromatic heterocycles.